The molecule has 0 spiro atoms. The van der Waals surface area contributed by atoms with E-state index < -0.39 is 8.32 Å². The Balaban J connectivity index is 1.85. The highest BCUT2D eigenvalue weighted by molar-refractivity contribution is 6.79. The van der Waals surface area contributed by atoms with Crippen molar-refractivity contribution >= 4 is 14.3 Å². The van der Waals surface area contributed by atoms with Crippen LogP contribution in [0.4, 0.5) is 0 Å². The average molecular weight is 337 g/mol. The molecule has 0 unspecified atom stereocenters. The van der Waals surface area contributed by atoms with Gasteiger partial charge in [-0.3, -0.25) is 4.79 Å². The molecule has 2 nitrogen and oxygen atoms in total. The summed E-state index contributed by atoms with van der Waals surface area (Å²) >= 11 is 0. The van der Waals surface area contributed by atoms with Gasteiger partial charge in [0.2, 0.25) is 0 Å². The maximum atomic E-state index is 12.7. The minimum Gasteiger partial charge on any atom is -0.518 e. The lowest BCUT2D eigenvalue weighted by molar-refractivity contribution is -0.135. The van der Waals surface area contributed by atoms with Gasteiger partial charge in [0.1, 0.15) is 0 Å². The van der Waals surface area contributed by atoms with E-state index in [0.717, 1.165) is 29.5 Å². The van der Waals surface area contributed by atoms with Crippen molar-refractivity contribution in [3.8, 4) is 0 Å². The van der Waals surface area contributed by atoms with Crippen LogP contribution in [0.2, 0.25) is 16.6 Å². The maximum Gasteiger partial charge on any atom is 0.292 e. The van der Waals surface area contributed by atoms with Gasteiger partial charge in [0.15, 0.2) is 0 Å². The number of carbonyl (C=O) groups is 1. The maximum absolute atomic E-state index is 12.7. The van der Waals surface area contributed by atoms with Crippen molar-refractivity contribution in [3.05, 3.63) is 0 Å². The topological polar surface area (TPSA) is 26.3 Å². The van der Waals surface area contributed by atoms with Gasteiger partial charge in [-0.2, -0.15) is 0 Å². The van der Waals surface area contributed by atoms with Crippen molar-refractivity contribution in [3.63, 3.8) is 0 Å². The van der Waals surface area contributed by atoms with Crippen LogP contribution in [0.3, 0.4) is 0 Å². The van der Waals surface area contributed by atoms with E-state index in [1.165, 1.54) is 77.0 Å². The van der Waals surface area contributed by atoms with Crippen molar-refractivity contribution in [2.75, 3.05) is 0 Å². The molecular weight excluding hydrogens is 300 g/mol. The van der Waals surface area contributed by atoms with Crippen LogP contribution in [-0.2, 0) is 9.22 Å². The predicted molar refractivity (Wildman–Crippen MR) is 98.0 cm³/mol. The normalized spacial score (nSPS) is 24.6. The first-order valence-electron chi connectivity index (χ1n) is 10.5. The highest BCUT2D eigenvalue weighted by Gasteiger charge is 2.58. The van der Waals surface area contributed by atoms with E-state index in [0.29, 0.717) is 6.42 Å². The van der Waals surface area contributed by atoms with Crippen LogP contribution >= 0.6 is 0 Å². The lowest BCUT2D eigenvalue weighted by Crippen LogP contribution is -2.52. The third kappa shape index (κ3) is 3.70. The van der Waals surface area contributed by atoms with Gasteiger partial charge in [-0.05, 0) is 61.6 Å². The van der Waals surface area contributed by atoms with Gasteiger partial charge >= 0.3 is 0 Å². The van der Waals surface area contributed by atoms with Gasteiger partial charge in [0.05, 0.1) is 0 Å². The SMILES string of the molecule is CCCCC(=O)O[Si](C1CCCC1)(C1CCCC1)C1CCCC1. The van der Waals surface area contributed by atoms with Crippen LogP contribution in [-0.4, -0.2) is 14.3 Å². The number of rotatable bonds is 7. The molecule has 0 saturated heterocycles. The largest absolute Gasteiger partial charge is 0.518 e. The third-order valence-electron chi connectivity index (χ3n) is 7.00. The Bertz CT molecular complexity index is 336. The standard InChI is InChI=1S/C20H36O2Si/c1-2-3-16-20(21)22-23(17-10-4-5-11-17,18-12-6-7-13-18)19-14-8-9-15-19/h17-19H,2-16H2,1H3. The highest BCUT2D eigenvalue weighted by Crippen LogP contribution is 2.59. The van der Waals surface area contributed by atoms with E-state index in [9.17, 15) is 4.79 Å². The van der Waals surface area contributed by atoms with Gasteiger partial charge in [-0.25, -0.2) is 0 Å². The molecule has 3 saturated carbocycles. The van der Waals surface area contributed by atoms with Crippen molar-refractivity contribution in [1.82, 2.24) is 0 Å². The zero-order valence-corrected chi connectivity index (χ0v) is 16.2. The molecule has 3 fully saturated rings. The number of hydrogen-bond donors (Lipinski definition) is 0. The molecule has 0 atom stereocenters. The Hall–Kier alpha value is -0.313. The van der Waals surface area contributed by atoms with Crippen molar-refractivity contribution < 1.29 is 9.22 Å². The summed E-state index contributed by atoms with van der Waals surface area (Å²) in [6.07, 6.45) is 19.2. The molecule has 23 heavy (non-hydrogen) atoms. The minimum absolute atomic E-state index is 0.171. The van der Waals surface area contributed by atoms with Crippen molar-refractivity contribution in [2.24, 2.45) is 0 Å². The quantitative estimate of drug-likeness (QED) is 0.496. The zero-order chi connectivity index (χ0) is 16.1. The Morgan fingerprint density at radius 3 is 1.57 bits per heavy atom. The molecule has 0 heterocycles. The Morgan fingerprint density at radius 2 is 1.22 bits per heavy atom. The van der Waals surface area contributed by atoms with E-state index in [2.05, 4.69) is 6.92 Å². The Morgan fingerprint density at radius 1 is 0.826 bits per heavy atom. The molecule has 0 aromatic heterocycles. The van der Waals surface area contributed by atoms with Gasteiger partial charge in [0, 0.05) is 6.42 Å². The summed E-state index contributed by atoms with van der Waals surface area (Å²) in [5.74, 6) is 0.171. The molecule has 0 amide bonds. The molecule has 3 aliphatic carbocycles. The summed E-state index contributed by atoms with van der Waals surface area (Å²) in [5.41, 5.74) is 2.37. The van der Waals surface area contributed by atoms with Gasteiger partial charge in [0.25, 0.3) is 14.3 Å². The van der Waals surface area contributed by atoms with Gasteiger partial charge < -0.3 is 4.43 Å². The van der Waals surface area contributed by atoms with E-state index in [1.54, 1.807) is 0 Å². The molecular formula is C20H36O2Si. The second kappa shape index (κ2) is 8.18. The lowest BCUT2D eigenvalue weighted by Gasteiger charge is -2.45. The first kappa shape index (κ1) is 17.5. The molecule has 0 aromatic carbocycles. The van der Waals surface area contributed by atoms with E-state index in [1.807, 2.05) is 0 Å². The first-order valence-corrected chi connectivity index (χ1v) is 12.6. The summed E-state index contributed by atoms with van der Waals surface area (Å²) in [7, 11) is -1.96. The summed E-state index contributed by atoms with van der Waals surface area (Å²) in [4.78, 5) is 12.7. The van der Waals surface area contributed by atoms with E-state index in [4.69, 9.17) is 4.43 Å². The monoisotopic (exact) mass is 336 g/mol. The predicted octanol–water partition coefficient (Wildman–Crippen LogP) is 6.50. The minimum atomic E-state index is -1.96. The second-order valence-corrected chi connectivity index (χ2v) is 12.7. The molecule has 0 aromatic rings. The van der Waals surface area contributed by atoms with Crippen molar-refractivity contribution in [1.29, 1.82) is 0 Å². The fraction of sp³-hybridized carbons (Fsp3) is 0.950. The zero-order valence-electron chi connectivity index (χ0n) is 15.2. The molecule has 3 heteroatoms. The highest BCUT2D eigenvalue weighted by atomic mass is 28.4. The van der Waals surface area contributed by atoms with Crippen LogP contribution in [0.15, 0.2) is 0 Å². The number of carbonyl (C=O) groups excluding carboxylic acids is 1. The lowest BCUT2D eigenvalue weighted by atomic mass is 10.3. The van der Waals surface area contributed by atoms with Gasteiger partial charge in [-0.15, -0.1) is 0 Å². The molecule has 3 aliphatic rings. The number of unbranched alkanes of at least 4 members (excludes halogenated alkanes) is 1. The molecule has 0 N–H and O–H groups in total. The fourth-order valence-corrected chi connectivity index (χ4v) is 12.9. The molecule has 0 aliphatic heterocycles. The van der Waals surface area contributed by atoms with Crippen LogP contribution in [0.5, 0.6) is 0 Å². The van der Waals surface area contributed by atoms with Crippen LogP contribution in [0.25, 0.3) is 0 Å². The summed E-state index contributed by atoms with van der Waals surface area (Å²) < 4.78 is 6.69. The molecule has 0 bridgehead atoms. The Labute approximate surface area is 143 Å². The van der Waals surface area contributed by atoms with E-state index >= 15 is 0 Å². The molecule has 3 rings (SSSR count). The number of hydrogen-bond acceptors (Lipinski definition) is 2. The van der Waals surface area contributed by atoms with Gasteiger partial charge in [-0.1, -0.05) is 51.9 Å². The first-order chi connectivity index (χ1) is 11.3. The van der Waals surface area contributed by atoms with Crippen LogP contribution in [0, 0.1) is 0 Å². The smallest absolute Gasteiger partial charge is 0.292 e. The summed E-state index contributed by atoms with van der Waals surface area (Å²) in [6, 6.07) is 0. The summed E-state index contributed by atoms with van der Waals surface area (Å²) in [5, 5.41) is 0. The van der Waals surface area contributed by atoms with E-state index in [-0.39, 0.29) is 5.97 Å². The Kier molecular flexibility index (Phi) is 6.23. The second-order valence-electron chi connectivity index (χ2n) is 8.38. The van der Waals surface area contributed by atoms with Crippen LogP contribution < -0.4 is 0 Å². The third-order valence-corrected chi connectivity index (χ3v) is 13.1. The fourth-order valence-electron chi connectivity index (χ4n) is 5.95. The molecule has 132 valence electrons. The average Bonchev–Trinajstić information content (AvgIpc) is 3.33. The van der Waals surface area contributed by atoms with Crippen molar-refractivity contribution in [2.45, 2.75) is 120 Å². The summed E-state index contributed by atoms with van der Waals surface area (Å²) in [6.45, 7) is 2.17. The molecule has 0 radical (unpaired) electrons. The van der Waals surface area contributed by atoms with Crippen LogP contribution in [0.1, 0.15) is 103 Å².